The van der Waals surface area contributed by atoms with Crippen LogP contribution in [0.15, 0.2) is 0 Å². The topological polar surface area (TPSA) is 26.3 Å². The minimum Gasteiger partial charge on any atom is -0.462 e. The maximum Gasteiger partial charge on any atom is 0.302 e. The summed E-state index contributed by atoms with van der Waals surface area (Å²) in [5.41, 5.74) is 0. The van der Waals surface area contributed by atoms with E-state index in [1.807, 2.05) is 0 Å². The lowest BCUT2D eigenvalue weighted by atomic mass is 9.48. The summed E-state index contributed by atoms with van der Waals surface area (Å²) in [6.45, 7) is 6.29. The Morgan fingerprint density at radius 1 is 1.00 bits per heavy atom. The van der Waals surface area contributed by atoms with Crippen LogP contribution in [0.5, 0.6) is 0 Å². The molecule has 6 unspecified atom stereocenters. The Morgan fingerprint density at radius 2 is 1.50 bits per heavy atom. The Bertz CT molecular complexity index is 290. The van der Waals surface area contributed by atoms with E-state index in [1.54, 1.807) is 6.92 Å². The molecule has 4 aliphatic carbocycles. The molecule has 90 valence electrons. The third kappa shape index (κ3) is 1.34. The van der Waals surface area contributed by atoms with Gasteiger partial charge in [-0.2, -0.15) is 0 Å². The van der Waals surface area contributed by atoms with Crippen LogP contribution in [-0.4, -0.2) is 12.1 Å². The molecule has 0 saturated heterocycles. The van der Waals surface area contributed by atoms with E-state index in [0.717, 1.165) is 23.7 Å². The van der Waals surface area contributed by atoms with Crippen molar-refractivity contribution in [3.63, 3.8) is 0 Å². The molecule has 4 rings (SSSR count). The molecule has 0 aromatic rings. The lowest BCUT2D eigenvalue weighted by molar-refractivity contribution is -0.188. The summed E-state index contributed by atoms with van der Waals surface area (Å²) in [4.78, 5) is 11.2. The molecule has 4 bridgehead atoms. The molecule has 4 aliphatic rings. The van der Waals surface area contributed by atoms with Gasteiger partial charge >= 0.3 is 5.97 Å². The Balaban J connectivity index is 1.87. The van der Waals surface area contributed by atoms with Gasteiger partial charge in [-0.15, -0.1) is 0 Å². The zero-order valence-electron chi connectivity index (χ0n) is 10.5. The van der Waals surface area contributed by atoms with E-state index >= 15 is 0 Å². The molecule has 0 aromatic carbocycles. The predicted octanol–water partition coefficient (Wildman–Crippen LogP) is 2.87. The van der Waals surface area contributed by atoms with Crippen molar-refractivity contribution in [3.05, 3.63) is 0 Å². The van der Waals surface area contributed by atoms with Crippen molar-refractivity contribution >= 4 is 5.97 Å². The SMILES string of the molecule is CC(=O)OC1C2CC3CC(CC1C3C)C2C. The third-order valence-electron chi connectivity index (χ3n) is 5.74. The van der Waals surface area contributed by atoms with Crippen LogP contribution in [0, 0.1) is 35.5 Å². The van der Waals surface area contributed by atoms with Gasteiger partial charge < -0.3 is 4.74 Å². The van der Waals surface area contributed by atoms with Crippen LogP contribution in [0.3, 0.4) is 0 Å². The van der Waals surface area contributed by atoms with Crippen molar-refractivity contribution in [2.24, 2.45) is 35.5 Å². The van der Waals surface area contributed by atoms with Crippen molar-refractivity contribution in [2.75, 3.05) is 0 Å². The molecular weight excluding hydrogens is 200 g/mol. The lowest BCUT2D eigenvalue weighted by Gasteiger charge is -2.59. The van der Waals surface area contributed by atoms with Crippen molar-refractivity contribution in [1.82, 2.24) is 0 Å². The number of rotatable bonds is 1. The van der Waals surface area contributed by atoms with Crippen LogP contribution in [-0.2, 0) is 9.53 Å². The highest BCUT2D eigenvalue weighted by molar-refractivity contribution is 5.66. The Hall–Kier alpha value is -0.530. The summed E-state index contributed by atoms with van der Waals surface area (Å²) >= 11 is 0. The molecule has 4 saturated carbocycles. The monoisotopic (exact) mass is 222 g/mol. The molecule has 4 fully saturated rings. The normalized spacial score (nSPS) is 54.1. The first kappa shape index (κ1) is 10.6. The fourth-order valence-electron chi connectivity index (χ4n) is 4.82. The molecule has 2 heteroatoms. The predicted molar refractivity (Wildman–Crippen MR) is 61.7 cm³/mol. The average molecular weight is 222 g/mol. The molecule has 0 radical (unpaired) electrons. The van der Waals surface area contributed by atoms with Gasteiger partial charge in [0.1, 0.15) is 6.10 Å². The number of esters is 1. The summed E-state index contributed by atoms with van der Waals surface area (Å²) in [7, 11) is 0. The highest BCUT2D eigenvalue weighted by Gasteiger charge is 2.56. The van der Waals surface area contributed by atoms with Crippen molar-refractivity contribution < 1.29 is 9.53 Å². The van der Waals surface area contributed by atoms with Crippen LogP contribution in [0.2, 0.25) is 0 Å². The van der Waals surface area contributed by atoms with E-state index in [-0.39, 0.29) is 12.1 Å². The minimum atomic E-state index is -0.0862. The summed E-state index contributed by atoms with van der Waals surface area (Å²) in [6.07, 6.45) is 4.26. The smallest absolute Gasteiger partial charge is 0.302 e. The average Bonchev–Trinajstić information content (AvgIpc) is 2.20. The van der Waals surface area contributed by atoms with Gasteiger partial charge in [-0.3, -0.25) is 4.79 Å². The van der Waals surface area contributed by atoms with Crippen LogP contribution in [0.4, 0.5) is 0 Å². The van der Waals surface area contributed by atoms with E-state index in [4.69, 9.17) is 4.74 Å². The molecule has 0 amide bonds. The standard InChI is InChI=1S/C14H22O2/c1-7-10-4-11-6-12(7)14(16-9(3)15)13(5-10)8(11)2/h7-8,10-14H,4-6H2,1-3H3. The Morgan fingerprint density at radius 3 is 1.94 bits per heavy atom. The fourth-order valence-corrected chi connectivity index (χ4v) is 4.82. The molecule has 0 heterocycles. The Labute approximate surface area is 97.7 Å². The largest absolute Gasteiger partial charge is 0.462 e. The number of hydrogen-bond donors (Lipinski definition) is 0. The zero-order chi connectivity index (χ0) is 11.4. The molecule has 16 heavy (non-hydrogen) atoms. The van der Waals surface area contributed by atoms with Crippen LogP contribution < -0.4 is 0 Å². The quantitative estimate of drug-likeness (QED) is 0.638. The van der Waals surface area contributed by atoms with Crippen molar-refractivity contribution in [1.29, 1.82) is 0 Å². The highest BCUT2D eigenvalue weighted by Crippen LogP contribution is 2.59. The number of carbonyl (C=O) groups is 1. The third-order valence-corrected chi connectivity index (χ3v) is 5.74. The second-order valence-corrected chi connectivity index (χ2v) is 6.35. The number of ether oxygens (including phenoxy) is 1. The van der Waals surface area contributed by atoms with Crippen molar-refractivity contribution in [2.45, 2.75) is 46.1 Å². The van der Waals surface area contributed by atoms with Crippen LogP contribution >= 0.6 is 0 Å². The zero-order valence-corrected chi connectivity index (χ0v) is 10.5. The molecule has 0 spiro atoms. The van der Waals surface area contributed by atoms with Gasteiger partial charge in [-0.05, 0) is 54.8 Å². The van der Waals surface area contributed by atoms with E-state index in [9.17, 15) is 4.79 Å². The van der Waals surface area contributed by atoms with Gasteiger partial charge in [0.15, 0.2) is 0 Å². The number of hydrogen-bond acceptors (Lipinski definition) is 2. The second kappa shape index (κ2) is 3.48. The van der Waals surface area contributed by atoms with E-state index < -0.39 is 0 Å². The van der Waals surface area contributed by atoms with Gasteiger partial charge in [0, 0.05) is 6.92 Å². The van der Waals surface area contributed by atoms with Gasteiger partial charge in [0.05, 0.1) is 0 Å². The number of carbonyl (C=O) groups excluding carboxylic acids is 1. The summed E-state index contributed by atoms with van der Waals surface area (Å²) in [5, 5.41) is 0. The minimum absolute atomic E-state index is 0.0862. The molecule has 0 aliphatic heterocycles. The van der Waals surface area contributed by atoms with Crippen LogP contribution in [0.25, 0.3) is 0 Å². The molecule has 0 aromatic heterocycles. The van der Waals surface area contributed by atoms with Gasteiger partial charge in [-0.1, -0.05) is 13.8 Å². The first-order chi connectivity index (χ1) is 7.58. The van der Waals surface area contributed by atoms with Gasteiger partial charge in [0.2, 0.25) is 0 Å². The van der Waals surface area contributed by atoms with E-state index in [2.05, 4.69) is 13.8 Å². The molecule has 0 N–H and O–H groups in total. The van der Waals surface area contributed by atoms with Gasteiger partial charge in [-0.25, -0.2) is 0 Å². The van der Waals surface area contributed by atoms with E-state index in [1.165, 1.54) is 19.3 Å². The summed E-state index contributed by atoms with van der Waals surface area (Å²) in [5.74, 6) is 4.59. The van der Waals surface area contributed by atoms with E-state index in [0.29, 0.717) is 11.8 Å². The Kier molecular flexibility index (Phi) is 2.31. The first-order valence-corrected chi connectivity index (χ1v) is 6.75. The molecular formula is C14H22O2. The lowest BCUT2D eigenvalue weighted by Crippen LogP contribution is -2.57. The van der Waals surface area contributed by atoms with Crippen molar-refractivity contribution in [3.8, 4) is 0 Å². The van der Waals surface area contributed by atoms with Crippen LogP contribution in [0.1, 0.15) is 40.0 Å². The fraction of sp³-hybridized carbons (Fsp3) is 0.929. The molecule has 2 nitrogen and oxygen atoms in total. The highest BCUT2D eigenvalue weighted by atomic mass is 16.5. The summed E-state index contributed by atoms with van der Waals surface area (Å²) in [6, 6.07) is 0. The van der Waals surface area contributed by atoms with Gasteiger partial charge in [0.25, 0.3) is 0 Å². The maximum atomic E-state index is 11.2. The second-order valence-electron chi connectivity index (χ2n) is 6.35. The maximum absolute atomic E-state index is 11.2. The molecule has 6 atom stereocenters. The summed E-state index contributed by atoms with van der Waals surface area (Å²) < 4.78 is 5.63. The first-order valence-electron chi connectivity index (χ1n) is 6.75.